The first kappa shape index (κ1) is 15.8. The summed E-state index contributed by atoms with van der Waals surface area (Å²) in [6, 6.07) is 15.4. The second-order valence-corrected chi connectivity index (χ2v) is 7.38. The number of allylic oxidation sites excluding steroid dienone is 1. The highest BCUT2D eigenvalue weighted by Crippen LogP contribution is 2.28. The van der Waals surface area contributed by atoms with Crippen molar-refractivity contribution in [3.63, 3.8) is 0 Å². The standard InChI is InChI=1S/C17H15ClN2O2S/c1-13-7-12-17(14-8-10-15(18)11-9-14)19-20(13)23(21,22)16-5-3-2-4-6-16/h2-6,8-11H,1,7,12H2. The van der Waals surface area contributed by atoms with Gasteiger partial charge >= 0.3 is 0 Å². The van der Waals surface area contributed by atoms with Crippen molar-refractivity contribution in [2.75, 3.05) is 0 Å². The SMILES string of the molecule is C=C1CCC(c2ccc(Cl)cc2)=NN1S(=O)(=O)c1ccccc1. The molecule has 23 heavy (non-hydrogen) atoms. The van der Waals surface area contributed by atoms with Crippen LogP contribution >= 0.6 is 11.6 Å². The molecule has 0 amide bonds. The summed E-state index contributed by atoms with van der Waals surface area (Å²) in [6.45, 7) is 3.85. The van der Waals surface area contributed by atoms with Crippen LogP contribution in [0.25, 0.3) is 0 Å². The van der Waals surface area contributed by atoms with E-state index in [9.17, 15) is 8.42 Å². The van der Waals surface area contributed by atoms with Crippen LogP contribution in [0.15, 0.2) is 76.9 Å². The van der Waals surface area contributed by atoms with Gasteiger partial charge in [-0.15, -0.1) is 0 Å². The van der Waals surface area contributed by atoms with E-state index >= 15 is 0 Å². The molecule has 0 aliphatic carbocycles. The molecule has 4 nitrogen and oxygen atoms in total. The Morgan fingerprint density at radius 1 is 1.00 bits per heavy atom. The van der Waals surface area contributed by atoms with Gasteiger partial charge in [0.25, 0.3) is 10.0 Å². The number of sulfonamides is 1. The van der Waals surface area contributed by atoms with Gasteiger partial charge < -0.3 is 0 Å². The van der Waals surface area contributed by atoms with Gasteiger partial charge in [0.15, 0.2) is 0 Å². The number of hydrazone groups is 1. The number of rotatable bonds is 3. The fourth-order valence-corrected chi connectivity index (χ4v) is 3.81. The highest BCUT2D eigenvalue weighted by Gasteiger charge is 2.29. The minimum Gasteiger partial charge on any atom is -0.199 e. The number of halogens is 1. The third-order valence-electron chi connectivity index (χ3n) is 3.58. The van der Waals surface area contributed by atoms with Crippen LogP contribution < -0.4 is 0 Å². The van der Waals surface area contributed by atoms with Crippen LogP contribution in [0.5, 0.6) is 0 Å². The van der Waals surface area contributed by atoms with E-state index in [1.807, 2.05) is 12.1 Å². The minimum atomic E-state index is -3.74. The number of hydrogen-bond donors (Lipinski definition) is 0. The summed E-state index contributed by atoms with van der Waals surface area (Å²) in [4.78, 5) is 0.197. The quantitative estimate of drug-likeness (QED) is 0.842. The molecule has 3 rings (SSSR count). The number of hydrogen-bond acceptors (Lipinski definition) is 3. The van der Waals surface area contributed by atoms with Gasteiger partial charge in [-0.3, -0.25) is 0 Å². The van der Waals surface area contributed by atoms with Crippen molar-refractivity contribution in [2.45, 2.75) is 17.7 Å². The van der Waals surface area contributed by atoms with E-state index < -0.39 is 10.0 Å². The molecule has 0 saturated heterocycles. The van der Waals surface area contributed by atoms with Crippen LogP contribution in [0.2, 0.25) is 5.02 Å². The molecule has 2 aromatic rings. The van der Waals surface area contributed by atoms with Gasteiger partial charge in [-0.25, -0.2) is 0 Å². The lowest BCUT2D eigenvalue weighted by Crippen LogP contribution is -2.30. The number of nitrogens with zero attached hydrogens (tertiary/aromatic N) is 2. The van der Waals surface area contributed by atoms with Crippen molar-refractivity contribution < 1.29 is 8.42 Å². The van der Waals surface area contributed by atoms with Gasteiger partial charge in [0.2, 0.25) is 0 Å². The summed E-state index contributed by atoms with van der Waals surface area (Å²) in [5.41, 5.74) is 2.02. The lowest BCUT2D eigenvalue weighted by atomic mass is 10.0. The molecule has 2 aromatic carbocycles. The van der Waals surface area contributed by atoms with Gasteiger partial charge in [0.1, 0.15) is 0 Å². The monoisotopic (exact) mass is 346 g/mol. The molecule has 0 atom stereocenters. The maximum absolute atomic E-state index is 12.8. The minimum absolute atomic E-state index is 0.197. The molecular formula is C17H15ClN2O2S. The van der Waals surface area contributed by atoms with Crippen LogP contribution in [0.3, 0.4) is 0 Å². The zero-order chi connectivity index (χ0) is 16.4. The van der Waals surface area contributed by atoms with Crippen molar-refractivity contribution in [3.8, 4) is 0 Å². The van der Waals surface area contributed by atoms with E-state index in [1.54, 1.807) is 42.5 Å². The molecule has 118 valence electrons. The normalized spacial score (nSPS) is 15.4. The van der Waals surface area contributed by atoms with Gasteiger partial charge in [-0.2, -0.15) is 17.9 Å². The van der Waals surface area contributed by atoms with Gasteiger partial charge in [-0.05, 0) is 42.7 Å². The Morgan fingerprint density at radius 3 is 2.30 bits per heavy atom. The highest BCUT2D eigenvalue weighted by atomic mass is 35.5. The summed E-state index contributed by atoms with van der Waals surface area (Å²) < 4.78 is 26.6. The maximum atomic E-state index is 12.8. The average Bonchev–Trinajstić information content (AvgIpc) is 2.57. The van der Waals surface area contributed by atoms with Gasteiger partial charge in [0.05, 0.1) is 10.6 Å². The largest absolute Gasteiger partial charge is 0.283 e. The summed E-state index contributed by atoms with van der Waals surface area (Å²) in [7, 11) is -3.74. The molecule has 0 spiro atoms. The van der Waals surface area contributed by atoms with E-state index in [2.05, 4.69) is 11.7 Å². The Bertz CT molecular complexity index is 859. The van der Waals surface area contributed by atoms with E-state index in [4.69, 9.17) is 11.6 Å². The van der Waals surface area contributed by atoms with Crippen LogP contribution in [-0.4, -0.2) is 18.5 Å². The van der Waals surface area contributed by atoms with Crippen LogP contribution in [0.1, 0.15) is 18.4 Å². The Hall–Kier alpha value is -2.11. The predicted molar refractivity (Wildman–Crippen MR) is 91.8 cm³/mol. The van der Waals surface area contributed by atoms with Gasteiger partial charge in [-0.1, -0.05) is 48.5 Å². The second kappa shape index (κ2) is 6.18. The lowest BCUT2D eigenvalue weighted by Gasteiger charge is -2.26. The fourth-order valence-electron chi connectivity index (χ4n) is 2.35. The summed E-state index contributed by atoms with van der Waals surface area (Å²) in [5.74, 6) is 0. The Morgan fingerprint density at radius 2 is 1.65 bits per heavy atom. The van der Waals surface area contributed by atoms with Crippen molar-refractivity contribution >= 4 is 27.3 Å². The average molecular weight is 347 g/mol. The third-order valence-corrected chi connectivity index (χ3v) is 5.49. The first-order chi connectivity index (χ1) is 11.0. The topological polar surface area (TPSA) is 49.7 Å². The zero-order valence-electron chi connectivity index (χ0n) is 12.3. The van der Waals surface area contributed by atoms with E-state index in [1.165, 1.54) is 0 Å². The highest BCUT2D eigenvalue weighted by molar-refractivity contribution is 7.89. The molecule has 1 heterocycles. The molecule has 0 saturated carbocycles. The van der Waals surface area contributed by atoms with Gasteiger partial charge in [0, 0.05) is 10.7 Å². The Balaban J connectivity index is 2.02. The molecule has 1 aliphatic rings. The third kappa shape index (κ3) is 3.16. The molecule has 6 heteroatoms. The molecular weight excluding hydrogens is 332 g/mol. The van der Waals surface area contributed by atoms with Crippen molar-refractivity contribution in [1.29, 1.82) is 0 Å². The maximum Gasteiger partial charge on any atom is 0.283 e. The first-order valence-electron chi connectivity index (χ1n) is 7.10. The Labute approximate surface area is 140 Å². The van der Waals surface area contributed by atoms with Crippen molar-refractivity contribution in [1.82, 2.24) is 4.41 Å². The van der Waals surface area contributed by atoms with Crippen LogP contribution in [0.4, 0.5) is 0 Å². The summed E-state index contributed by atoms with van der Waals surface area (Å²) >= 11 is 5.89. The molecule has 0 aromatic heterocycles. The molecule has 0 radical (unpaired) electrons. The molecule has 0 fully saturated rings. The predicted octanol–water partition coefficient (Wildman–Crippen LogP) is 4.04. The van der Waals surface area contributed by atoms with E-state index in [0.29, 0.717) is 29.3 Å². The van der Waals surface area contributed by atoms with E-state index in [-0.39, 0.29) is 4.90 Å². The summed E-state index contributed by atoms with van der Waals surface area (Å²) in [6.07, 6.45) is 1.18. The molecule has 0 N–H and O–H groups in total. The lowest BCUT2D eigenvalue weighted by molar-refractivity contribution is 0.472. The molecule has 1 aliphatic heterocycles. The van der Waals surface area contributed by atoms with E-state index in [0.717, 1.165) is 9.98 Å². The van der Waals surface area contributed by atoms with Crippen LogP contribution in [0, 0.1) is 0 Å². The van der Waals surface area contributed by atoms with Crippen molar-refractivity contribution in [2.24, 2.45) is 5.10 Å². The van der Waals surface area contributed by atoms with Crippen molar-refractivity contribution in [3.05, 3.63) is 77.5 Å². The smallest absolute Gasteiger partial charge is 0.199 e. The molecule has 0 bridgehead atoms. The first-order valence-corrected chi connectivity index (χ1v) is 8.92. The zero-order valence-corrected chi connectivity index (χ0v) is 13.9. The number of benzene rings is 2. The van der Waals surface area contributed by atoms with Crippen LogP contribution in [-0.2, 0) is 10.0 Å². The second-order valence-electron chi connectivity index (χ2n) is 5.18. The molecule has 0 unspecified atom stereocenters. The fraction of sp³-hybridized carbons (Fsp3) is 0.118. The summed E-state index contributed by atoms with van der Waals surface area (Å²) in [5, 5.41) is 4.96. The Kier molecular flexibility index (Phi) is 4.24.